The molecule has 0 aromatic carbocycles. The first-order valence-electron chi connectivity index (χ1n) is 4.68. The molecule has 0 amide bonds. The van der Waals surface area contributed by atoms with Gasteiger partial charge in [-0.15, -0.1) is 0 Å². The van der Waals surface area contributed by atoms with Gasteiger partial charge in [0, 0.05) is 14.2 Å². The first kappa shape index (κ1) is 11.4. The lowest BCUT2D eigenvalue weighted by Gasteiger charge is -2.35. The van der Waals surface area contributed by atoms with E-state index in [9.17, 15) is 5.11 Å². The molecule has 0 aromatic rings. The zero-order valence-electron chi connectivity index (χ0n) is 8.99. The van der Waals surface area contributed by atoms with Crippen LogP contribution in [0.4, 0.5) is 0 Å². The molecule has 80 valence electrons. The molecule has 3 nitrogen and oxygen atoms in total. The van der Waals surface area contributed by atoms with Gasteiger partial charge >= 0.3 is 0 Å². The van der Waals surface area contributed by atoms with Crippen LogP contribution in [0.2, 0.25) is 0 Å². The zero-order chi connectivity index (χ0) is 10.6. The summed E-state index contributed by atoms with van der Waals surface area (Å²) in [6.07, 6.45) is 5.18. The summed E-state index contributed by atoms with van der Waals surface area (Å²) in [5.41, 5.74) is 0.701. The Morgan fingerprint density at radius 3 is 2.43 bits per heavy atom. The Morgan fingerprint density at radius 1 is 1.36 bits per heavy atom. The van der Waals surface area contributed by atoms with Crippen molar-refractivity contribution in [3.05, 3.63) is 23.8 Å². The lowest BCUT2D eigenvalue weighted by molar-refractivity contribution is -0.0258. The van der Waals surface area contributed by atoms with Gasteiger partial charge in [0.25, 0.3) is 0 Å². The highest BCUT2D eigenvalue weighted by Crippen LogP contribution is 2.31. The maximum atomic E-state index is 9.91. The van der Waals surface area contributed by atoms with Crippen LogP contribution in [0.5, 0.6) is 0 Å². The van der Waals surface area contributed by atoms with Crippen molar-refractivity contribution in [1.82, 2.24) is 0 Å². The van der Waals surface area contributed by atoms with Gasteiger partial charge in [-0.2, -0.15) is 0 Å². The van der Waals surface area contributed by atoms with Gasteiger partial charge in [-0.1, -0.05) is 23.8 Å². The molecule has 0 spiro atoms. The van der Waals surface area contributed by atoms with Crippen LogP contribution < -0.4 is 0 Å². The third-order valence-electron chi connectivity index (χ3n) is 2.47. The normalized spacial score (nSPS) is 24.9. The van der Waals surface area contributed by atoms with Crippen molar-refractivity contribution in [3.8, 4) is 0 Å². The van der Waals surface area contributed by atoms with E-state index < -0.39 is 11.5 Å². The molecule has 0 radical (unpaired) electrons. The average Bonchev–Trinajstić information content (AvgIpc) is 2.13. The molecule has 1 aliphatic rings. The van der Waals surface area contributed by atoms with Crippen molar-refractivity contribution in [2.45, 2.75) is 13.0 Å². The second-order valence-corrected chi connectivity index (χ2v) is 3.79. The SMILES string of the molecule is COCC1(COC)C=C(C)C=CC1O. The topological polar surface area (TPSA) is 38.7 Å². The van der Waals surface area contributed by atoms with Gasteiger partial charge in [0.15, 0.2) is 0 Å². The summed E-state index contributed by atoms with van der Waals surface area (Å²) in [7, 11) is 3.26. The van der Waals surface area contributed by atoms with E-state index in [1.54, 1.807) is 20.3 Å². The lowest BCUT2D eigenvalue weighted by Crippen LogP contribution is -2.42. The van der Waals surface area contributed by atoms with E-state index in [0.29, 0.717) is 13.2 Å². The first-order valence-corrected chi connectivity index (χ1v) is 4.68. The molecule has 1 N–H and O–H groups in total. The van der Waals surface area contributed by atoms with Crippen molar-refractivity contribution in [3.63, 3.8) is 0 Å². The first-order chi connectivity index (χ1) is 6.64. The molecule has 1 atom stereocenters. The highest BCUT2D eigenvalue weighted by molar-refractivity contribution is 5.28. The Labute approximate surface area is 85.0 Å². The van der Waals surface area contributed by atoms with Crippen LogP contribution >= 0.6 is 0 Å². The minimum Gasteiger partial charge on any atom is -0.388 e. The fourth-order valence-electron chi connectivity index (χ4n) is 1.85. The van der Waals surface area contributed by atoms with Crippen LogP contribution in [0.15, 0.2) is 23.8 Å². The molecule has 0 saturated heterocycles. The van der Waals surface area contributed by atoms with Crippen LogP contribution in [-0.4, -0.2) is 38.6 Å². The number of ether oxygens (including phenoxy) is 2. The molecule has 0 aliphatic heterocycles. The Balaban J connectivity index is 2.88. The van der Waals surface area contributed by atoms with Crippen molar-refractivity contribution in [1.29, 1.82) is 0 Å². The Bertz CT molecular complexity index is 237. The Hall–Kier alpha value is -0.640. The quantitative estimate of drug-likeness (QED) is 0.736. The van der Waals surface area contributed by atoms with Crippen molar-refractivity contribution in [2.24, 2.45) is 5.41 Å². The van der Waals surface area contributed by atoms with E-state index in [4.69, 9.17) is 9.47 Å². The molecular weight excluding hydrogens is 180 g/mol. The Morgan fingerprint density at radius 2 is 1.93 bits per heavy atom. The fourth-order valence-corrected chi connectivity index (χ4v) is 1.85. The minimum atomic E-state index is -0.536. The zero-order valence-corrected chi connectivity index (χ0v) is 8.99. The summed E-state index contributed by atoms with van der Waals surface area (Å²) in [6.45, 7) is 2.93. The third kappa shape index (κ3) is 2.23. The van der Waals surface area contributed by atoms with E-state index >= 15 is 0 Å². The van der Waals surface area contributed by atoms with Crippen LogP contribution in [-0.2, 0) is 9.47 Å². The largest absolute Gasteiger partial charge is 0.388 e. The fraction of sp³-hybridized carbons (Fsp3) is 0.636. The highest BCUT2D eigenvalue weighted by Gasteiger charge is 2.36. The molecule has 0 aromatic heterocycles. The van der Waals surface area contributed by atoms with Gasteiger partial charge in [0.1, 0.15) is 0 Å². The molecule has 1 aliphatic carbocycles. The summed E-state index contributed by atoms with van der Waals surface area (Å²) < 4.78 is 10.3. The predicted molar refractivity (Wildman–Crippen MR) is 55.1 cm³/mol. The molecule has 0 bridgehead atoms. The Kier molecular flexibility index (Phi) is 3.86. The molecule has 14 heavy (non-hydrogen) atoms. The number of methoxy groups -OCH3 is 2. The number of aliphatic hydroxyl groups excluding tert-OH is 1. The minimum absolute atomic E-state index is 0.428. The molecule has 3 heteroatoms. The summed E-state index contributed by atoms with van der Waals surface area (Å²) >= 11 is 0. The van der Waals surface area contributed by atoms with E-state index in [2.05, 4.69) is 0 Å². The summed E-state index contributed by atoms with van der Waals surface area (Å²) in [6, 6.07) is 0. The maximum Gasteiger partial charge on any atom is 0.0859 e. The van der Waals surface area contributed by atoms with Gasteiger partial charge in [-0.05, 0) is 6.92 Å². The molecule has 0 heterocycles. The molecule has 1 unspecified atom stereocenters. The van der Waals surface area contributed by atoms with E-state index in [1.807, 2.05) is 19.1 Å². The van der Waals surface area contributed by atoms with Crippen LogP contribution in [0.25, 0.3) is 0 Å². The number of hydrogen-bond acceptors (Lipinski definition) is 3. The average molecular weight is 198 g/mol. The van der Waals surface area contributed by atoms with Crippen molar-refractivity contribution < 1.29 is 14.6 Å². The number of allylic oxidation sites excluding steroid dienone is 2. The molecule has 0 saturated carbocycles. The van der Waals surface area contributed by atoms with E-state index in [-0.39, 0.29) is 0 Å². The van der Waals surface area contributed by atoms with Crippen LogP contribution in [0.3, 0.4) is 0 Å². The second kappa shape index (κ2) is 4.73. The van der Waals surface area contributed by atoms with Gasteiger partial charge in [0.05, 0.1) is 24.7 Å². The second-order valence-electron chi connectivity index (χ2n) is 3.79. The van der Waals surface area contributed by atoms with Gasteiger partial charge in [-0.3, -0.25) is 0 Å². The molecule has 0 fully saturated rings. The lowest BCUT2D eigenvalue weighted by atomic mass is 9.78. The van der Waals surface area contributed by atoms with E-state index in [0.717, 1.165) is 5.57 Å². The van der Waals surface area contributed by atoms with Gasteiger partial charge in [0.2, 0.25) is 0 Å². The number of aliphatic hydroxyl groups is 1. The van der Waals surface area contributed by atoms with Crippen molar-refractivity contribution >= 4 is 0 Å². The molecule has 1 rings (SSSR count). The summed E-state index contributed by atoms with van der Waals surface area (Å²) in [5.74, 6) is 0. The summed E-state index contributed by atoms with van der Waals surface area (Å²) in [5, 5.41) is 9.91. The number of rotatable bonds is 4. The predicted octanol–water partition coefficient (Wildman–Crippen LogP) is 1.14. The standard InChI is InChI=1S/C11H18O3/c1-9-4-5-10(12)11(6-9,7-13-2)8-14-3/h4-6,10,12H,7-8H2,1-3H3. The van der Waals surface area contributed by atoms with E-state index in [1.165, 1.54) is 0 Å². The van der Waals surface area contributed by atoms with Gasteiger partial charge in [-0.25, -0.2) is 0 Å². The molecular formula is C11H18O3. The monoisotopic (exact) mass is 198 g/mol. The van der Waals surface area contributed by atoms with Gasteiger partial charge < -0.3 is 14.6 Å². The number of hydrogen-bond donors (Lipinski definition) is 1. The highest BCUT2D eigenvalue weighted by atomic mass is 16.5. The van der Waals surface area contributed by atoms with Crippen molar-refractivity contribution in [2.75, 3.05) is 27.4 Å². The van der Waals surface area contributed by atoms with Crippen LogP contribution in [0.1, 0.15) is 6.92 Å². The smallest absolute Gasteiger partial charge is 0.0859 e. The summed E-state index contributed by atoms with van der Waals surface area (Å²) in [4.78, 5) is 0. The third-order valence-corrected chi connectivity index (χ3v) is 2.47. The van der Waals surface area contributed by atoms with Crippen LogP contribution in [0, 0.1) is 5.41 Å². The maximum absolute atomic E-state index is 9.91.